The molecule has 0 fully saturated rings. The van der Waals surface area contributed by atoms with Crippen molar-refractivity contribution in [2.45, 2.75) is 18.8 Å². The van der Waals surface area contributed by atoms with Crippen LogP contribution in [0.1, 0.15) is 12.5 Å². The van der Waals surface area contributed by atoms with Crippen LogP contribution in [0.4, 0.5) is 0 Å². The highest BCUT2D eigenvalue weighted by molar-refractivity contribution is 6.30. The Bertz CT molecular complexity index is 531. The summed E-state index contributed by atoms with van der Waals surface area (Å²) in [5, 5.41) is 4.67. The third-order valence-electron chi connectivity index (χ3n) is 2.69. The zero-order valence-electron chi connectivity index (χ0n) is 9.61. The number of nitrogens with one attached hydrogen (secondary N) is 1. The van der Waals surface area contributed by atoms with Gasteiger partial charge in [-0.2, -0.15) is 0 Å². The molecule has 1 amide bonds. The standard InChI is InChI=1S/C14H14ClNO/c1-10(15)14(17)16-9-12-7-4-6-11-5-2-3-8-13(11)12/h2-8,10H,9H2,1H3,(H,16,17). The van der Waals surface area contributed by atoms with Gasteiger partial charge in [-0.25, -0.2) is 0 Å². The van der Waals surface area contributed by atoms with Crippen LogP contribution >= 0.6 is 11.6 Å². The molecule has 0 heterocycles. The van der Waals surface area contributed by atoms with Gasteiger partial charge in [-0.1, -0.05) is 42.5 Å². The fraction of sp³-hybridized carbons (Fsp3) is 0.214. The van der Waals surface area contributed by atoms with Gasteiger partial charge in [0.15, 0.2) is 0 Å². The molecule has 0 radical (unpaired) electrons. The number of rotatable bonds is 3. The number of alkyl halides is 1. The molecule has 0 bridgehead atoms. The molecular formula is C14H14ClNO. The molecule has 0 spiro atoms. The molecule has 3 heteroatoms. The van der Waals surface area contributed by atoms with E-state index in [2.05, 4.69) is 23.5 Å². The van der Waals surface area contributed by atoms with Crippen molar-refractivity contribution in [1.82, 2.24) is 5.32 Å². The molecule has 1 atom stereocenters. The van der Waals surface area contributed by atoms with Crippen molar-refractivity contribution in [1.29, 1.82) is 0 Å². The average Bonchev–Trinajstić information content (AvgIpc) is 2.35. The maximum atomic E-state index is 11.4. The second kappa shape index (κ2) is 5.19. The number of halogens is 1. The summed E-state index contributed by atoms with van der Waals surface area (Å²) in [5.74, 6) is -0.139. The van der Waals surface area contributed by atoms with Gasteiger partial charge in [-0.15, -0.1) is 11.6 Å². The molecule has 0 aliphatic rings. The summed E-state index contributed by atoms with van der Waals surface area (Å²) in [6.07, 6.45) is 0. The Labute approximate surface area is 106 Å². The lowest BCUT2D eigenvalue weighted by Gasteiger charge is -2.09. The van der Waals surface area contributed by atoms with Crippen molar-refractivity contribution in [3.05, 3.63) is 48.0 Å². The third-order valence-corrected chi connectivity index (χ3v) is 2.89. The Kier molecular flexibility index (Phi) is 3.64. The summed E-state index contributed by atoms with van der Waals surface area (Å²) in [5.41, 5.74) is 1.11. The number of hydrogen-bond acceptors (Lipinski definition) is 1. The Balaban J connectivity index is 2.21. The van der Waals surface area contributed by atoms with Gasteiger partial charge in [0.1, 0.15) is 5.38 Å². The largest absolute Gasteiger partial charge is 0.351 e. The molecule has 88 valence electrons. The number of amides is 1. The minimum Gasteiger partial charge on any atom is -0.351 e. The molecular weight excluding hydrogens is 234 g/mol. The topological polar surface area (TPSA) is 29.1 Å². The molecule has 2 rings (SSSR count). The van der Waals surface area contributed by atoms with Crippen LogP contribution in [0.15, 0.2) is 42.5 Å². The third kappa shape index (κ3) is 2.77. The van der Waals surface area contributed by atoms with Gasteiger partial charge in [-0.3, -0.25) is 4.79 Å². The van der Waals surface area contributed by atoms with E-state index < -0.39 is 5.38 Å². The maximum absolute atomic E-state index is 11.4. The second-order valence-corrected chi connectivity index (χ2v) is 4.63. The first-order valence-electron chi connectivity index (χ1n) is 5.57. The van der Waals surface area contributed by atoms with E-state index in [0.717, 1.165) is 10.9 Å². The molecule has 0 aliphatic heterocycles. The molecule has 1 unspecified atom stereocenters. The van der Waals surface area contributed by atoms with Gasteiger partial charge >= 0.3 is 0 Å². The van der Waals surface area contributed by atoms with Gasteiger partial charge in [0.05, 0.1) is 0 Å². The molecule has 2 aromatic rings. The number of carbonyl (C=O) groups excluding carboxylic acids is 1. The highest BCUT2D eigenvalue weighted by Crippen LogP contribution is 2.18. The highest BCUT2D eigenvalue weighted by atomic mass is 35.5. The Morgan fingerprint density at radius 2 is 1.94 bits per heavy atom. The van der Waals surface area contributed by atoms with Gasteiger partial charge in [0.25, 0.3) is 0 Å². The van der Waals surface area contributed by atoms with Gasteiger partial charge in [-0.05, 0) is 23.3 Å². The molecule has 0 aliphatic carbocycles. The summed E-state index contributed by atoms with van der Waals surface area (Å²) >= 11 is 5.70. The van der Waals surface area contributed by atoms with E-state index in [-0.39, 0.29) is 5.91 Å². The minimum atomic E-state index is -0.495. The first kappa shape index (κ1) is 11.9. The quantitative estimate of drug-likeness (QED) is 0.830. The summed E-state index contributed by atoms with van der Waals surface area (Å²) in [6.45, 7) is 2.18. The van der Waals surface area contributed by atoms with E-state index in [0.29, 0.717) is 6.54 Å². The van der Waals surface area contributed by atoms with Crippen molar-refractivity contribution < 1.29 is 4.79 Å². The van der Waals surface area contributed by atoms with Crippen LogP contribution in [0.5, 0.6) is 0 Å². The van der Waals surface area contributed by atoms with Crippen LogP contribution in [-0.4, -0.2) is 11.3 Å². The van der Waals surface area contributed by atoms with E-state index in [1.165, 1.54) is 5.39 Å². The van der Waals surface area contributed by atoms with Crippen LogP contribution < -0.4 is 5.32 Å². The number of carbonyl (C=O) groups is 1. The fourth-order valence-corrected chi connectivity index (χ4v) is 1.85. The van der Waals surface area contributed by atoms with Crippen LogP contribution in [-0.2, 0) is 11.3 Å². The summed E-state index contributed by atoms with van der Waals surface area (Å²) in [7, 11) is 0. The van der Waals surface area contributed by atoms with E-state index in [4.69, 9.17) is 11.6 Å². The average molecular weight is 248 g/mol. The van der Waals surface area contributed by atoms with Gasteiger partial charge in [0, 0.05) is 6.54 Å². The zero-order chi connectivity index (χ0) is 12.3. The predicted octanol–water partition coefficient (Wildman–Crippen LogP) is 3.08. The van der Waals surface area contributed by atoms with E-state index in [1.807, 2.05) is 24.3 Å². The molecule has 0 saturated heterocycles. The van der Waals surface area contributed by atoms with E-state index in [9.17, 15) is 4.79 Å². The first-order chi connectivity index (χ1) is 8.18. The smallest absolute Gasteiger partial charge is 0.238 e. The Hall–Kier alpha value is -1.54. The highest BCUT2D eigenvalue weighted by Gasteiger charge is 2.08. The zero-order valence-corrected chi connectivity index (χ0v) is 10.4. The van der Waals surface area contributed by atoms with Gasteiger partial charge < -0.3 is 5.32 Å². The van der Waals surface area contributed by atoms with E-state index in [1.54, 1.807) is 6.92 Å². The summed E-state index contributed by atoms with van der Waals surface area (Å²) < 4.78 is 0. The van der Waals surface area contributed by atoms with Crippen LogP contribution in [0, 0.1) is 0 Å². The van der Waals surface area contributed by atoms with Gasteiger partial charge in [0.2, 0.25) is 5.91 Å². The summed E-state index contributed by atoms with van der Waals surface area (Å²) in [6, 6.07) is 14.2. The Morgan fingerprint density at radius 3 is 2.71 bits per heavy atom. The van der Waals surface area contributed by atoms with Crippen molar-refractivity contribution in [2.75, 3.05) is 0 Å². The Morgan fingerprint density at radius 1 is 1.24 bits per heavy atom. The first-order valence-corrected chi connectivity index (χ1v) is 6.00. The number of benzene rings is 2. The number of fused-ring (bicyclic) bond motifs is 1. The maximum Gasteiger partial charge on any atom is 0.238 e. The van der Waals surface area contributed by atoms with E-state index >= 15 is 0 Å². The predicted molar refractivity (Wildman–Crippen MR) is 71.1 cm³/mol. The molecule has 0 aromatic heterocycles. The lowest BCUT2D eigenvalue weighted by molar-refractivity contribution is -0.120. The lowest BCUT2D eigenvalue weighted by atomic mass is 10.0. The normalized spacial score (nSPS) is 12.4. The number of hydrogen-bond donors (Lipinski definition) is 1. The summed E-state index contributed by atoms with van der Waals surface area (Å²) in [4.78, 5) is 11.4. The molecule has 1 N–H and O–H groups in total. The fourth-order valence-electron chi connectivity index (χ4n) is 1.77. The monoisotopic (exact) mass is 247 g/mol. The second-order valence-electron chi connectivity index (χ2n) is 3.97. The van der Waals surface area contributed by atoms with Crippen molar-refractivity contribution in [3.63, 3.8) is 0 Å². The molecule has 0 saturated carbocycles. The van der Waals surface area contributed by atoms with Crippen LogP contribution in [0.25, 0.3) is 10.8 Å². The van der Waals surface area contributed by atoms with Crippen LogP contribution in [0.2, 0.25) is 0 Å². The van der Waals surface area contributed by atoms with Crippen LogP contribution in [0.3, 0.4) is 0 Å². The van der Waals surface area contributed by atoms with Crippen molar-refractivity contribution in [2.24, 2.45) is 0 Å². The van der Waals surface area contributed by atoms with Crippen molar-refractivity contribution >= 4 is 28.3 Å². The lowest BCUT2D eigenvalue weighted by Crippen LogP contribution is -2.29. The van der Waals surface area contributed by atoms with Crippen molar-refractivity contribution in [3.8, 4) is 0 Å². The molecule has 17 heavy (non-hydrogen) atoms. The SMILES string of the molecule is CC(Cl)C(=O)NCc1cccc2ccccc12. The molecule has 2 nitrogen and oxygen atoms in total. The minimum absolute atomic E-state index is 0.139. The molecule has 2 aromatic carbocycles.